The molecule has 1 saturated carbocycles. The minimum atomic E-state index is 0.424. The van der Waals surface area contributed by atoms with Crippen molar-refractivity contribution in [2.45, 2.75) is 31.9 Å². The lowest BCUT2D eigenvalue weighted by Gasteiger charge is -2.23. The first-order valence-electron chi connectivity index (χ1n) is 6.67. The summed E-state index contributed by atoms with van der Waals surface area (Å²) in [7, 11) is 2.04. The Balaban J connectivity index is 2.00. The average molecular weight is 265 g/mol. The fraction of sp³-hybridized carbons (Fsp3) is 0.600. The van der Waals surface area contributed by atoms with E-state index in [1.54, 1.807) is 0 Å². The van der Waals surface area contributed by atoms with Gasteiger partial charge in [0.2, 0.25) is 0 Å². The smallest absolute Gasteiger partial charge is 0.119 e. The topological polar surface area (TPSA) is 21.3 Å². The summed E-state index contributed by atoms with van der Waals surface area (Å²) in [5, 5.41) is 3.42. The first-order chi connectivity index (χ1) is 8.74. The first kappa shape index (κ1) is 13.8. The summed E-state index contributed by atoms with van der Waals surface area (Å²) in [5.41, 5.74) is 1.35. The Bertz CT molecular complexity index is 361. The highest BCUT2D eigenvalue weighted by Gasteiger charge is 2.23. The van der Waals surface area contributed by atoms with Crippen molar-refractivity contribution in [1.82, 2.24) is 5.32 Å². The lowest BCUT2D eigenvalue weighted by atomic mass is 9.96. The molecule has 2 unspecified atom stereocenters. The number of ether oxygens (including phenoxy) is 1. The van der Waals surface area contributed by atoms with E-state index in [0.717, 1.165) is 5.75 Å². The molecular weight excluding hydrogens is 242 g/mol. The minimum absolute atomic E-state index is 0.424. The lowest BCUT2D eigenvalue weighted by molar-refractivity contribution is 0.303. The van der Waals surface area contributed by atoms with E-state index >= 15 is 0 Å². The van der Waals surface area contributed by atoms with E-state index in [1.165, 1.54) is 24.2 Å². The molecule has 0 spiro atoms. The molecule has 0 aliphatic heterocycles. The van der Waals surface area contributed by atoms with Crippen LogP contribution in [0.15, 0.2) is 24.3 Å². The lowest BCUT2D eigenvalue weighted by Crippen LogP contribution is -2.24. The molecule has 1 fully saturated rings. The zero-order valence-corrected chi connectivity index (χ0v) is 12.3. The Morgan fingerprint density at radius 2 is 2.00 bits per heavy atom. The molecule has 100 valence electrons. The van der Waals surface area contributed by atoms with E-state index in [1.807, 2.05) is 18.8 Å². The van der Waals surface area contributed by atoms with Gasteiger partial charge >= 0.3 is 0 Å². The number of thioether (sulfide) groups is 1. The quantitative estimate of drug-likeness (QED) is 0.815. The van der Waals surface area contributed by atoms with Gasteiger partial charge in [-0.05, 0) is 55.5 Å². The van der Waals surface area contributed by atoms with E-state index in [0.29, 0.717) is 18.1 Å². The molecule has 0 radical (unpaired) electrons. The van der Waals surface area contributed by atoms with Gasteiger partial charge in [0.1, 0.15) is 5.75 Å². The van der Waals surface area contributed by atoms with Crippen LogP contribution in [-0.2, 0) is 0 Å². The van der Waals surface area contributed by atoms with E-state index in [4.69, 9.17) is 4.74 Å². The van der Waals surface area contributed by atoms with Crippen molar-refractivity contribution >= 4 is 11.8 Å². The largest absolute Gasteiger partial charge is 0.490 e. The summed E-state index contributed by atoms with van der Waals surface area (Å²) in [6.07, 6.45) is 5.07. The van der Waals surface area contributed by atoms with Crippen molar-refractivity contribution in [3.05, 3.63) is 29.8 Å². The average Bonchev–Trinajstić information content (AvgIpc) is 3.16. The molecule has 0 aromatic heterocycles. The summed E-state index contributed by atoms with van der Waals surface area (Å²) >= 11 is 1.90. The molecule has 2 nitrogen and oxygen atoms in total. The van der Waals surface area contributed by atoms with Gasteiger partial charge in [-0.3, -0.25) is 0 Å². The summed E-state index contributed by atoms with van der Waals surface area (Å²) < 4.78 is 5.78. The van der Waals surface area contributed by atoms with Crippen LogP contribution in [0.2, 0.25) is 0 Å². The second-order valence-electron chi connectivity index (χ2n) is 5.09. The molecule has 0 heterocycles. The molecule has 1 aliphatic carbocycles. The van der Waals surface area contributed by atoms with Crippen molar-refractivity contribution in [2.24, 2.45) is 5.92 Å². The second-order valence-corrected chi connectivity index (χ2v) is 6.00. The van der Waals surface area contributed by atoms with Gasteiger partial charge in [0.25, 0.3) is 0 Å². The number of hydrogen-bond donors (Lipinski definition) is 1. The fourth-order valence-corrected chi connectivity index (χ4v) is 2.99. The van der Waals surface area contributed by atoms with Gasteiger partial charge in [-0.1, -0.05) is 19.1 Å². The predicted molar refractivity (Wildman–Crippen MR) is 79.4 cm³/mol. The van der Waals surface area contributed by atoms with E-state index in [9.17, 15) is 0 Å². The summed E-state index contributed by atoms with van der Waals surface area (Å²) in [6, 6.07) is 9.01. The van der Waals surface area contributed by atoms with E-state index in [-0.39, 0.29) is 0 Å². The van der Waals surface area contributed by atoms with Gasteiger partial charge in [-0.15, -0.1) is 0 Å². The normalized spacial score (nSPS) is 18.4. The third kappa shape index (κ3) is 3.66. The van der Waals surface area contributed by atoms with Crippen LogP contribution in [-0.4, -0.2) is 25.2 Å². The van der Waals surface area contributed by atoms with Crippen molar-refractivity contribution in [3.63, 3.8) is 0 Å². The van der Waals surface area contributed by atoms with Crippen LogP contribution in [0.1, 0.15) is 31.4 Å². The van der Waals surface area contributed by atoms with Crippen LogP contribution >= 0.6 is 11.8 Å². The Morgan fingerprint density at radius 1 is 1.33 bits per heavy atom. The van der Waals surface area contributed by atoms with Crippen LogP contribution in [0, 0.1) is 5.92 Å². The molecule has 1 aromatic rings. The number of benzene rings is 1. The van der Waals surface area contributed by atoms with Crippen LogP contribution in [0.3, 0.4) is 0 Å². The number of rotatable bonds is 7. The molecule has 1 N–H and O–H groups in total. The van der Waals surface area contributed by atoms with E-state index < -0.39 is 0 Å². The zero-order valence-electron chi connectivity index (χ0n) is 11.5. The highest BCUT2D eigenvalue weighted by atomic mass is 32.2. The van der Waals surface area contributed by atoms with Gasteiger partial charge < -0.3 is 10.1 Å². The van der Waals surface area contributed by atoms with Crippen molar-refractivity contribution in [3.8, 4) is 5.75 Å². The van der Waals surface area contributed by atoms with Crippen molar-refractivity contribution in [1.29, 1.82) is 0 Å². The van der Waals surface area contributed by atoms with Crippen molar-refractivity contribution in [2.75, 3.05) is 19.1 Å². The third-order valence-electron chi connectivity index (χ3n) is 3.38. The number of hydrogen-bond acceptors (Lipinski definition) is 3. The van der Waals surface area contributed by atoms with Gasteiger partial charge in [0.15, 0.2) is 0 Å². The Hall–Kier alpha value is -0.670. The molecule has 2 rings (SSSR count). The SMILES string of the molecule is CNC(c1ccc(OC2CC2)cc1)C(C)CSC. The first-order valence-corrected chi connectivity index (χ1v) is 8.06. The molecule has 0 bridgehead atoms. The summed E-state index contributed by atoms with van der Waals surface area (Å²) in [6.45, 7) is 2.30. The number of nitrogens with one attached hydrogen (secondary N) is 1. The minimum Gasteiger partial charge on any atom is -0.490 e. The van der Waals surface area contributed by atoms with Gasteiger partial charge in [0.05, 0.1) is 6.10 Å². The summed E-state index contributed by atoms with van der Waals surface area (Å²) in [5.74, 6) is 2.81. The Labute approximate surface area is 114 Å². The molecule has 0 amide bonds. The molecule has 1 aliphatic rings. The van der Waals surface area contributed by atoms with Gasteiger partial charge in [-0.25, -0.2) is 0 Å². The standard InChI is InChI=1S/C15H23NOS/c1-11(10-18-3)15(16-2)12-4-6-13(7-5-12)17-14-8-9-14/h4-7,11,14-16H,8-10H2,1-3H3. The highest BCUT2D eigenvalue weighted by molar-refractivity contribution is 7.98. The fourth-order valence-electron chi connectivity index (χ4n) is 2.27. The molecule has 3 heteroatoms. The van der Waals surface area contributed by atoms with Gasteiger partial charge in [0, 0.05) is 6.04 Å². The van der Waals surface area contributed by atoms with Crippen molar-refractivity contribution < 1.29 is 4.74 Å². The highest BCUT2D eigenvalue weighted by Crippen LogP contribution is 2.29. The zero-order chi connectivity index (χ0) is 13.0. The van der Waals surface area contributed by atoms with Gasteiger partial charge in [-0.2, -0.15) is 11.8 Å². The maximum atomic E-state index is 5.78. The molecule has 1 aromatic carbocycles. The molecular formula is C15H23NOS. The van der Waals surface area contributed by atoms with Crippen LogP contribution in [0.4, 0.5) is 0 Å². The summed E-state index contributed by atoms with van der Waals surface area (Å²) in [4.78, 5) is 0. The molecule has 0 saturated heterocycles. The van der Waals surface area contributed by atoms with E-state index in [2.05, 4.69) is 42.8 Å². The monoisotopic (exact) mass is 265 g/mol. The molecule has 18 heavy (non-hydrogen) atoms. The Kier molecular flexibility index (Phi) is 4.95. The Morgan fingerprint density at radius 3 is 2.50 bits per heavy atom. The molecule has 2 atom stereocenters. The maximum Gasteiger partial charge on any atom is 0.119 e. The maximum absolute atomic E-state index is 5.78. The predicted octanol–water partition coefficient (Wildman–Crippen LogP) is 3.49. The van der Waals surface area contributed by atoms with Crippen LogP contribution in [0.5, 0.6) is 5.75 Å². The second kappa shape index (κ2) is 6.48. The van der Waals surface area contributed by atoms with Crippen LogP contribution < -0.4 is 10.1 Å². The third-order valence-corrected chi connectivity index (χ3v) is 4.24. The van der Waals surface area contributed by atoms with Crippen LogP contribution in [0.25, 0.3) is 0 Å².